The van der Waals surface area contributed by atoms with E-state index in [9.17, 15) is 0 Å². The van der Waals surface area contributed by atoms with Gasteiger partial charge in [0, 0.05) is 13.1 Å². The van der Waals surface area contributed by atoms with E-state index >= 15 is 0 Å². The van der Waals surface area contributed by atoms with Crippen molar-refractivity contribution in [1.29, 1.82) is 0 Å². The van der Waals surface area contributed by atoms with Crippen LogP contribution >= 0.6 is 11.3 Å². The van der Waals surface area contributed by atoms with Gasteiger partial charge < -0.3 is 4.90 Å². The maximum atomic E-state index is 5.48. The molecule has 2 aromatic heterocycles. The number of nitrogen functional groups attached to an aromatic ring is 1. The number of nitrogens with one attached hydrogen (secondary N) is 1. The third-order valence-electron chi connectivity index (χ3n) is 3.59. The Hall–Kier alpha value is -1.40. The number of hydrogen-bond donors (Lipinski definition) is 2. The highest BCUT2D eigenvalue weighted by Gasteiger charge is 2.16. The number of nitrogens with zero attached hydrogens (tertiary/aromatic N) is 3. The van der Waals surface area contributed by atoms with Crippen LogP contribution in [0.1, 0.15) is 32.1 Å². The van der Waals surface area contributed by atoms with Crippen LogP contribution in [0.15, 0.2) is 11.4 Å². The molecule has 1 fully saturated rings. The van der Waals surface area contributed by atoms with Crippen molar-refractivity contribution in [2.75, 3.05) is 23.4 Å². The van der Waals surface area contributed by atoms with Gasteiger partial charge in [-0.25, -0.2) is 10.8 Å². The molecule has 5 nitrogen and oxygen atoms in total. The molecule has 0 amide bonds. The molecule has 1 saturated heterocycles. The molecule has 0 atom stereocenters. The molecule has 0 spiro atoms. The third-order valence-corrected chi connectivity index (χ3v) is 4.40. The molecule has 0 aromatic carbocycles. The van der Waals surface area contributed by atoms with Gasteiger partial charge in [0.2, 0.25) is 5.95 Å². The predicted octanol–water partition coefficient (Wildman–Crippen LogP) is 2.75. The van der Waals surface area contributed by atoms with E-state index in [1.54, 1.807) is 11.3 Å². The summed E-state index contributed by atoms with van der Waals surface area (Å²) in [5, 5.41) is 3.21. The SMILES string of the molecule is NNc1nc(N2CCCCCCC2)c2ccsc2n1. The Morgan fingerprint density at radius 1 is 1.11 bits per heavy atom. The number of thiophene rings is 1. The maximum Gasteiger partial charge on any atom is 0.240 e. The fourth-order valence-electron chi connectivity index (χ4n) is 2.60. The van der Waals surface area contributed by atoms with Crippen LogP contribution in [0.25, 0.3) is 10.2 Å². The van der Waals surface area contributed by atoms with Crippen LogP contribution < -0.4 is 16.2 Å². The van der Waals surface area contributed by atoms with Gasteiger partial charge in [0.1, 0.15) is 10.6 Å². The summed E-state index contributed by atoms with van der Waals surface area (Å²) in [7, 11) is 0. The molecule has 0 saturated carbocycles. The number of fused-ring (bicyclic) bond motifs is 1. The van der Waals surface area contributed by atoms with Crippen molar-refractivity contribution in [3.63, 3.8) is 0 Å². The Kier molecular flexibility index (Phi) is 3.79. The molecule has 102 valence electrons. The first-order valence-electron chi connectivity index (χ1n) is 6.85. The lowest BCUT2D eigenvalue weighted by Gasteiger charge is -2.26. The Labute approximate surface area is 116 Å². The summed E-state index contributed by atoms with van der Waals surface area (Å²) in [6, 6.07) is 2.11. The Morgan fingerprint density at radius 2 is 1.84 bits per heavy atom. The van der Waals surface area contributed by atoms with Gasteiger partial charge in [-0.05, 0) is 24.3 Å². The molecular formula is C13H19N5S. The van der Waals surface area contributed by atoms with Gasteiger partial charge in [-0.3, -0.25) is 5.43 Å². The van der Waals surface area contributed by atoms with Gasteiger partial charge in [-0.15, -0.1) is 11.3 Å². The molecule has 6 heteroatoms. The minimum Gasteiger partial charge on any atom is -0.356 e. The lowest BCUT2D eigenvalue weighted by molar-refractivity contribution is 0.554. The van der Waals surface area contributed by atoms with Crippen LogP contribution in [0.5, 0.6) is 0 Å². The molecule has 0 radical (unpaired) electrons. The van der Waals surface area contributed by atoms with E-state index in [1.165, 1.54) is 32.1 Å². The molecular weight excluding hydrogens is 258 g/mol. The summed E-state index contributed by atoms with van der Waals surface area (Å²) in [5.41, 5.74) is 2.57. The largest absolute Gasteiger partial charge is 0.356 e. The highest BCUT2D eigenvalue weighted by atomic mass is 32.1. The number of hydrazine groups is 1. The smallest absolute Gasteiger partial charge is 0.240 e. The van der Waals surface area contributed by atoms with E-state index in [2.05, 4.69) is 31.7 Å². The highest BCUT2D eigenvalue weighted by Crippen LogP contribution is 2.30. The van der Waals surface area contributed by atoms with E-state index in [-0.39, 0.29) is 0 Å². The summed E-state index contributed by atoms with van der Waals surface area (Å²) in [6.07, 6.45) is 6.47. The molecule has 0 unspecified atom stereocenters. The number of hydrogen-bond acceptors (Lipinski definition) is 6. The zero-order valence-electron chi connectivity index (χ0n) is 10.9. The molecule has 19 heavy (non-hydrogen) atoms. The minimum absolute atomic E-state index is 0.506. The van der Waals surface area contributed by atoms with Crippen molar-refractivity contribution in [3.8, 4) is 0 Å². The van der Waals surface area contributed by atoms with Crippen LogP contribution in [0.3, 0.4) is 0 Å². The molecule has 3 rings (SSSR count). The molecule has 1 aliphatic heterocycles. The molecule has 1 aliphatic rings. The van der Waals surface area contributed by atoms with Crippen LogP contribution in [0.2, 0.25) is 0 Å². The van der Waals surface area contributed by atoms with E-state index in [4.69, 9.17) is 5.84 Å². The first-order chi connectivity index (χ1) is 9.38. The third kappa shape index (κ3) is 2.64. The fourth-order valence-corrected chi connectivity index (χ4v) is 3.36. The molecule has 2 aromatic rings. The van der Waals surface area contributed by atoms with Crippen molar-refractivity contribution in [2.24, 2.45) is 5.84 Å². The van der Waals surface area contributed by atoms with Crippen molar-refractivity contribution >= 4 is 33.3 Å². The van der Waals surface area contributed by atoms with Gasteiger partial charge in [0.15, 0.2) is 0 Å². The molecule has 0 aliphatic carbocycles. The zero-order chi connectivity index (χ0) is 13.1. The Morgan fingerprint density at radius 3 is 2.58 bits per heavy atom. The number of rotatable bonds is 2. The van der Waals surface area contributed by atoms with Crippen molar-refractivity contribution in [2.45, 2.75) is 32.1 Å². The normalized spacial score (nSPS) is 17.2. The van der Waals surface area contributed by atoms with Crippen LogP contribution in [-0.2, 0) is 0 Å². The van der Waals surface area contributed by atoms with Crippen LogP contribution in [0.4, 0.5) is 11.8 Å². The van der Waals surface area contributed by atoms with Gasteiger partial charge in [0.25, 0.3) is 0 Å². The zero-order valence-corrected chi connectivity index (χ0v) is 11.7. The average Bonchev–Trinajstić information content (AvgIpc) is 2.85. The van der Waals surface area contributed by atoms with Crippen molar-refractivity contribution in [3.05, 3.63) is 11.4 Å². The summed E-state index contributed by atoms with van der Waals surface area (Å²) >= 11 is 1.63. The quantitative estimate of drug-likeness (QED) is 0.652. The number of nitrogens with two attached hydrogens (primary N) is 1. The van der Waals surface area contributed by atoms with Crippen molar-refractivity contribution in [1.82, 2.24) is 9.97 Å². The van der Waals surface area contributed by atoms with Crippen LogP contribution in [-0.4, -0.2) is 23.1 Å². The number of anilines is 2. The van der Waals surface area contributed by atoms with E-state index in [0.717, 1.165) is 29.1 Å². The lowest BCUT2D eigenvalue weighted by Crippen LogP contribution is -2.28. The van der Waals surface area contributed by atoms with E-state index in [0.29, 0.717) is 5.95 Å². The number of aromatic nitrogens is 2. The Bertz CT molecular complexity index is 545. The van der Waals surface area contributed by atoms with Gasteiger partial charge >= 0.3 is 0 Å². The highest BCUT2D eigenvalue weighted by molar-refractivity contribution is 7.16. The maximum absolute atomic E-state index is 5.48. The van der Waals surface area contributed by atoms with E-state index in [1.807, 2.05) is 0 Å². The topological polar surface area (TPSA) is 67.1 Å². The molecule has 3 N–H and O–H groups in total. The summed E-state index contributed by atoms with van der Waals surface area (Å²) in [4.78, 5) is 12.4. The van der Waals surface area contributed by atoms with Gasteiger partial charge in [-0.1, -0.05) is 19.3 Å². The van der Waals surface area contributed by atoms with E-state index < -0.39 is 0 Å². The summed E-state index contributed by atoms with van der Waals surface area (Å²) in [6.45, 7) is 2.15. The van der Waals surface area contributed by atoms with Crippen molar-refractivity contribution < 1.29 is 0 Å². The van der Waals surface area contributed by atoms with Gasteiger partial charge in [0.05, 0.1) is 5.39 Å². The second kappa shape index (κ2) is 5.71. The predicted molar refractivity (Wildman–Crippen MR) is 80.5 cm³/mol. The lowest BCUT2D eigenvalue weighted by atomic mass is 10.1. The summed E-state index contributed by atoms with van der Waals surface area (Å²) < 4.78 is 0. The average molecular weight is 277 g/mol. The standard InChI is InChI=1S/C13H19N5S/c14-17-13-15-11(10-6-9-19-12(10)16-13)18-7-4-2-1-3-5-8-18/h6,9H,1-5,7-8,14H2,(H,15,16,17). The monoisotopic (exact) mass is 277 g/mol. The first kappa shape index (κ1) is 12.6. The second-order valence-corrected chi connectivity index (χ2v) is 5.80. The molecule has 3 heterocycles. The first-order valence-corrected chi connectivity index (χ1v) is 7.73. The fraction of sp³-hybridized carbons (Fsp3) is 0.538. The molecule has 0 bridgehead atoms. The Balaban J connectivity index is 1.98. The minimum atomic E-state index is 0.506. The second-order valence-electron chi connectivity index (χ2n) is 4.91. The van der Waals surface area contributed by atoms with Crippen LogP contribution in [0, 0.1) is 0 Å². The summed E-state index contributed by atoms with van der Waals surface area (Å²) in [5.74, 6) is 7.01. The van der Waals surface area contributed by atoms with Gasteiger partial charge in [-0.2, -0.15) is 4.98 Å².